The summed E-state index contributed by atoms with van der Waals surface area (Å²) in [6.07, 6.45) is 2.91. The Balaban J connectivity index is 1.46. The van der Waals surface area contributed by atoms with Crippen molar-refractivity contribution in [1.82, 2.24) is 0 Å². The Morgan fingerprint density at radius 1 is 0.833 bits per heavy atom. The minimum Gasteiger partial charge on any atom is -0.496 e. The van der Waals surface area contributed by atoms with Crippen molar-refractivity contribution >= 4 is 29.5 Å². The molecule has 0 fully saturated rings. The summed E-state index contributed by atoms with van der Waals surface area (Å²) < 4.78 is 10.5. The van der Waals surface area contributed by atoms with Crippen molar-refractivity contribution in [3.8, 4) is 11.5 Å². The number of rotatable bonds is 5. The summed E-state index contributed by atoms with van der Waals surface area (Å²) in [6.45, 7) is 0. The van der Waals surface area contributed by atoms with E-state index in [-0.39, 0.29) is 11.8 Å². The molecule has 0 aromatic heterocycles. The van der Waals surface area contributed by atoms with Crippen molar-refractivity contribution in [3.05, 3.63) is 95.6 Å². The zero-order valence-corrected chi connectivity index (χ0v) is 16.1. The smallest absolute Gasteiger partial charge is 0.336 e. The Bertz CT molecular complexity index is 1130. The van der Waals surface area contributed by atoms with Crippen molar-refractivity contribution in [2.24, 2.45) is 0 Å². The van der Waals surface area contributed by atoms with Crippen LogP contribution in [0.5, 0.6) is 11.5 Å². The van der Waals surface area contributed by atoms with Gasteiger partial charge in [0.15, 0.2) is 0 Å². The third-order valence-corrected chi connectivity index (χ3v) is 4.65. The van der Waals surface area contributed by atoms with Crippen LogP contribution < -0.4 is 14.4 Å². The van der Waals surface area contributed by atoms with Crippen molar-refractivity contribution < 1.29 is 23.9 Å². The lowest BCUT2D eigenvalue weighted by Crippen LogP contribution is -2.29. The standard InChI is InChI=1S/C24H17NO5/c1-29-21-9-5-2-6-16(21)10-15-22(26)30-18-13-11-17(12-14-18)25-23(27)19-7-3-4-8-20(19)24(25)28/h2-15H,1H3. The predicted octanol–water partition coefficient (Wildman–Crippen LogP) is 4.11. The summed E-state index contributed by atoms with van der Waals surface area (Å²) >= 11 is 0. The zero-order valence-electron chi connectivity index (χ0n) is 16.1. The number of hydrogen-bond acceptors (Lipinski definition) is 5. The minimum atomic E-state index is -0.561. The molecular weight excluding hydrogens is 382 g/mol. The Hall–Kier alpha value is -4.19. The van der Waals surface area contributed by atoms with E-state index in [1.54, 1.807) is 55.7 Å². The molecule has 30 heavy (non-hydrogen) atoms. The predicted molar refractivity (Wildman–Crippen MR) is 112 cm³/mol. The van der Waals surface area contributed by atoms with Crippen LogP contribution in [0.4, 0.5) is 5.69 Å². The monoisotopic (exact) mass is 399 g/mol. The molecule has 1 heterocycles. The number of hydrogen-bond donors (Lipinski definition) is 0. The number of ether oxygens (including phenoxy) is 2. The van der Waals surface area contributed by atoms with Crippen molar-refractivity contribution in [2.75, 3.05) is 12.0 Å². The lowest BCUT2D eigenvalue weighted by Gasteiger charge is -2.14. The number of carbonyl (C=O) groups is 3. The fourth-order valence-electron chi connectivity index (χ4n) is 3.20. The number of carbonyl (C=O) groups excluding carboxylic acids is 3. The molecular formula is C24H17NO5. The van der Waals surface area contributed by atoms with Crippen LogP contribution in [0.3, 0.4) is 0 Å². The van der Waals surface area contributed by atoms with Crippen LogP contribution in [-0.4, -0.2) is 24.9 Å². The molecule has 4 rings (SSSR count). The molecule has 6 heteroatoms. The van der Waals surface area contributed by atoms with E-state index in [9.17, 15) is 14.4 Å². The largest absolute Gasteiger partial charge is 0.496 e. The first-order valence-corrected chi connectivity index (χ1v) is 9.19. The fraction of sp³-hybridized carbons (Fsp3) is 0.0417. The van der Waals surface area contributed by atoms with E-state index >= 15 is 0 Å². The number of nitrogens with zero attached hydrogens (tertiary/aromatic N) is 1. The normalized spacial score (nSPS) is 12.9. The molecule has 6 nitrogen and oxygen atoms in total. The summed E-state index contributed by atoms with van der Waals surface area (Å²) in [5, 5.41) is 0. The van der Waals surface area contributed by atoms with Gasteiger partial charge in [0.25, 0.3) is 11.8 Å². The molecule has 0 radical (unpaired) electrons. The van der Waals surface area contributed by atoms with Gasteiger partial charge in [-0.15, -0.1) is 0 Å². The maximum absolute atomic E-state index is 12.5. The molecule has 0 N–H and O–H groups in total. The first kappa shape index (κ1) is 19.1. The van der Waals surface area contributed by atoms with Gasteiger partial charge in [0.05, 0.1) is 23.9 Å². The van der Waals surface area contributed by atoms with Crippen LogP contribution in [0, 0.1) is 0 Å². The van der Waals surface area contributed by atoms with Gasteiger partial charge in [-0.05, 0) is 48.5 Å². The van der Waals surface area contributed by atoms with Crippen molar-refractivity contribution in [2.45, 2.75) is 0 Å². The van der Waals surface area contributed by atoms with Gasteiger partial charge in [-0.3, -0.25) is 9.59 Å². The molecule has 0 spiro atoms. The van der Waals surface area contributed by atoms with Gasteiger partial charge >= 0.3 is 5.97 Å². The van der Waals surface area contributed by atoms with Gasteiger partial charge < -0.3 is 9.47 Å². The van der Waals surface area contributed by atoms with E-state index in [4.69, 9.17) is 9.47 Å². The first-order valence-electron chi connectivity index (χ1n) is 9.19. The Kier molecular flexibility index (Phi) is 5.13. The van der Waals surface area contributed by atoms with E-state index in [1.165, 1.54) is 18.2 Å². The van der Waals surface area contributed by atoms with E-state index in [0.717, 1.165) is 10.5 Å². The first-order chi connectivity index (χ1) is 14.6. The van der Waals surface area contributed by atoms with Gasteiger partial charge in [-0.25, -0.2) is 9.69 Å². The maximum atomic E-state index is 12.5. The minimum absolute atomic E-state index is 0.296. The third kappa shape index (κ3) is 3.58. The molecule has 0 unspecified atom stereocenters. The van der Waals surface area contributed by atoms with Crippen LogP contribution >= 0.6 is 0 Å². The quantitative estimate of drug-likeness (QED) is 0.279. The third-order valence-electron chi connectivity index (χ3n) is 4.65. The second-order valence-electron chi connectivity index (χ2n) is 6.48. The van der Waals surface area contributed by atoms with E-state index in [2.05, 4.69) is 0 Å². The van der Waals surface area contributed by atoms with Crippen molar-refractivity contribution in [3.63, 3.8) is 0 Å². The van der Waals surface area contributed by atoms with E-state index < -0.39 is 5.97 Å². The molecule has 0 saturated heterocycles. The van der Waals surface area contributed by atoms with Crippen LogP contribution in [0.1, 0.15) is 26.3 Å². The molecule has 3 aromatic carbocycles. The summed E-state index contributed by atoms with van der Waals surface area (Å²) in [4.78, 5) is 38.3. The maximum Gasteiger partial charge on any atom is 0.336 e. The van der Waals surface area contributed by atoms with Gasteiger partial charge in [0.2, 0.25) is 0 Å². The highest BCUT2D eigenvalue weighted by Crippen LogP contribution is 2.29. The molecule has 1 aliphatic heterocycles. The average Bonchev–Trinajstić information content (AvgIpc) is 3.03. The van der Waals surface area contributed by atoms with Crippen LogP contribution in [0.2, 0.25) is 0 Å². The summed E-state index contributed by atoms with van der Waals surface area (Å²) in [6, 6.07) is 20.2. The number of anilines is 1. The van der Waals surface area contributed by atoms with Crippen LogP contribution in [-0.2, 0) is 4.79 Å². The number of para-hydroxylation sites is 1. The topological polar surface area (TPSA) is 72.9 Å². The molecule has 0 aliphatic carbocycles. The fourth-order valence-corrected chi connectivity index (χ4v) is 3.20. The molecule has 2 amide bonds. The van der Waals surface area contributed by atoms with Gasteiger partial charge in [0, 0.05) is 11.6 Å². The molecule has 0 atom stereocenters. The number of imide groups is 1. The summed E-state index contributed by atoms with van der Waals surface area (Å²) in [7, 11) is 1.56. The zero-order chi connectivity index (χ0) is 21.1. The van der Waals surface area contributed by atoms with Gasteiger partial charge in [-0.1, -0.05) is 30.3 Å². The highest BCUT2D eigenvalue weighted by molar-refractivity contribution is 6.34. The molecule has 148 valence electrons. The summed E-state index contributed by atoms with van der Waals surface area (Å²) in [5.74, 6) is -0.369. The average molecular weight is 399 g/mol. The number of esters is 1. The molecule has 1 aliphatic rings. The summed E-state index contributed by atoms with van der Waals surface area (Å²) in [5.41, 5.74) is 1.91. The second-order valence-corrected chi connectivity index (χ2v) is 6.48. The number of methoxy groups -OCH3 is 1. The Labute approximate surface area is 173 Å². The van der Waals surface area contributed by atoms with Crippen LogP contribution in [0.25, 0.3) is 6.08 Å². The molecule has 3 aromatic rings. The lowest BCUT2D eigenvalue weighted by atomic mass is 10.1. The highest BCUT2D eigenvalue weighted by atomic mass is 16.5. The lowest BCUT2D eigenvalue weighted by molar-refractivity contribution is -0.128. The number of benzene rings is 3. The highest BCUT2D eigenvalue weighted by Gasteiger charge is 2.36. The van der Waals surface area contributed by atoms with Gasteiger partial charge in [0.1, 0.15) is 11.5 Å². The Morgan fingerprint density at radius 2 is 1.43 bits per heavy atom. The number of amides is 2. The van der Waals surface area contributed by atoms with Gasteiger partial charge in [-0.2, -0.15) is 0 Å². The Morgan fingerprint density at radius 3 is 2.07 bits per heavy atom. The van der Waals surface area contributed by atoms with Crippen LogP contribution in [0.15, 0.2) is 78.9 Å². The van der Waals surface area contributed by atoms with E-state index in [1.807, 2.05) is 18.2 Å². The second kappa shape index (κ2) is 8.05. The molecule has 0 bridgehead atoms. The van der Waals surface area contributed by atoms with E-state index in [0.29, 0.717) is 28.3 Å². The molecule has 0 saturated carbocycles. The number of fused-ring (bicyclic) bond motifs is 1. The van der Waals surface area contributed by atoms with Crippen molar-refractivity contribution in [1.29, 1.82) is 0 Å². The SMILES string of the molecule is COc1ccccc1C=CC(=O)Oc1ccc(N2C(=O)c3ccccc3C2=O)cc1.